The third-order valence-electron chi connectivity index (χ3n) is 2.27. The predicted molar refractivity (Wildman–Crippen MR) is 48.9 cm³/mol. The SMILES string of the molecule is [CH]N1CCN(CCC(=O)OC)CC1. The fraction of sp³-hybridized carbons (Fsp3) is 0.778. The molecule has 1 heterocycles. The molecule has 0 spiro atoms. The van der Waals surface area contributed by atoms with E-state index in [2.05, 4.69) is 9.64 Å². The maximum atomic E-state index is 10.8. The molecule has 1 fully saturated rings. The zero-order valence-corrected chi connectivity index (χ0v) is 8.03. The number of methoxy groups -OCH3 is 1. The van der Waals surface area contributed by atoms with Crippen LogP contribution in [0, 0.1) is 7.05 Å². The molecule has 13 heavy (non-hydrogen) atoms. The van der Waals surface area contributed by atoms with Gasteiger partial charge in [-0.25, -0.2) is 0 Å². The zero-order valence-electron chi connectivity index (χ0n) is 8.03. The molecule has 4 heteroatoms. The summed E-state index contributed by atoms with van der Waals surface area (Å²) < 4.78 is 4.56. The molecule has 1 aliphatic rings. The van der Waals surface area contributed by atoms with Gasteiger partial charge in [0.25, 0.3) is 0 Å². The third-order valence-corrected chi connectivity index (χ3v) is 2.27. The van der Waals surface area contributed by atoms with Gasteiger partial charge in [-0.05, 0) is 0 Å². The first-order chi connectivity index (χ1) is 6.22. The highest BCUT2D eigenvalue weighted by Gasteiger charge is 2.14. The Kier molecular flexibility index (Phi) is 4.18. The van der Waals surface area contributed by atoms with Gasteiger partial charge in [0.1, 0.15) is 0 Å². The Morgan fingerprint density at radius 3 is 2.54 bits per heavy atom. The number of esters is 1. The van der Waals surface area contributed by atoms with Crippen LogP contribution in [0.4, 0.5) is 0 Å². The second-order valence-electron chi connectivity index (χ2n) is 3.20. The minimum absolute atomic E-state index is 0.143. The Bertz CT molecular complexity index is 165. The summed E-state index contributed by atoms with van der Waals surface area (Å²) in [5, 5.41) is 0. The van der Waals surface area contributed by atoms with Crippen molar-refractivity contribution in [2.45, 2.75) is 6.42 Å². The fourth-order valence-corrected chi connectivity index (χ4v) is 1.34. The monoisotopic (exact) mass is 184 g/mol. The Morgan fingerprint density at radius 1 is 1.38 bits per heavy atom. The maximum absolute atomic E-state index is 10.8. The van der Waals surface area contributed by atoms with Crippen molar-refractivity contribution in [2.75, 3.05) is 39.8 Å². The quantitative estimate of drug-likeness (QED) is 0.570. The molecule has 1 saturated heterocycles. The van der Waals surface area contributed by atoms with Crippen molar-refractivity contribution >= 4 is 5.97 Å². The molecular formula is C9H16N2O2. The van der Waals surface area contributed by atoms with Gasteiger partial charge in [-0.1, -0.05) is 0 Å². The first-order valence-corrected chi connectivity index (χ1v) is 4.51. The summed E-state index contributed by atoms with van der Waals surface area (Å²) in [5.74, 6) is -0.143. The van der Waals surface area contributed by atoms with Crippen LogP contribution in [0.5, 0.6) is 0 Å². The second-order valence-corrected chi connectivity index (χ2v) is 3.20. The Hall–Kier alpha value is -0.610. The lowest BCUT2D eigenvalue weighted by atomic mass is 10.3. The molecular weight excluding hydrogens is 168 g/mol. The summed E-state index contributed by atoms with van der Waals surface area (Å²) in [6.07, 6.45) is 0.473. The lowest BCUT2D eigenvalue weighted by molar-refractivity contribution is -0.141. The summed E-state index contributed by atoms with van der Waals surface area (Å²) in [6, 6.07) is 0. The van der Waals surface area contributed by atoms with Gasteiger partial charge < -0.3 is 9.64 Å². The molecule has 0 amide bonds. The predicted octanol–water partition coefficient (Wildman–Crippen LogP) is -0.164. The summed E-state index contributed by atoms with van der Waals surface area (Å²) >= 11 is 0. The Balaban J connectivity index is 2.12. The Morgan fingerprint density at radius 2 is 2.00 bits per heavy atom. The van der Waals surface area contributed by atoms with Gasteiger partial charge in [0.05, 0.1) is 13.5 Å². The van der Waals surface area contributed by atoms with E-state index in [0.29, 0.717) is 6.42 Å². The van der Waals surface area contributed by atoms with Gasteiger partial charge in [0.15, 0.2) is 0 Å². The number of carbonyl (C=O) groups is 1. The van der Waals surface area contributed by atoms with Gasteiger partial charge in [-0.3, -0.25) is 9.69 Å². The molecule has 0 bridgehead atoms. The summed E-state index contributed by atoms with van der Waals surface area (Å²) in [6.45, 7) is 4.41. The first kappa shape index (κ1) is 10.5. The van der Waals surface area contributed by atoms with Crippen LogP contribution in [0.25, 0.3) is 0 Å². The van der Waals surface area contributed by atoms with Crippen LogP contribution in [0.1, 0.15) is 6.42 Å². The summed E-state index contributed by atoms with van der Waals surface area (Å²) in [4.78, 5) is 14.9. The van der Waals surface area contributed by atoms with Gasteiger partial charge in [0, 0.05) is 39.8 Å². The van der Waals surface area contributed by atoms with Crippen LogP contribution >= 0.6 is 0 Å². The summed E-state index contributed by atoms with van der Waals surface area (Å²) in [5.41, 5.74) is 0. The molecule has 1 aliphatic heterocycles. The smallest absolute Gasteiger partial charge is 0.306 e. The number of hydrogen-bond acceptors (Lipinski definition) is 4. The number of rotatable bonds is 3. The van der Waals surface area contributed by atoms with Crippen LogP contribution in [-0.4, -0.2) is 55.6 Å². The molecule has 2 radical (unpaired) electrons. The van der Waals surface area contributed by atoms with E-state index in [4.69, 9.17) is 7.05 Å². The minimum Gasteiger partial charge on any atom is -0.469 e. The van der Waals surface area contributed by atoms with Gasteiger partial charge in [-0.2, -0.15) is 0 Å². The second kappa shape index (κ2) is 5.19. The topological polar surface area (TPSA) is 32.8 Å². The van der Waals surface area contributed by atoms with E-state index in [0.717, 1.165) is 32.7 Å². The normalized spacial score (nSPS) is 20.2. The van der Waals surface area contributed by atoms with Crippen molar-refractivity contribution in [3.8, 4) is 0 Å². The molecule has 0 saturated carbocycles. The average molecular weight is 184 g/mol. The van der Waals surface area contributed by atoms with Crippen LogP contribution < -0.4 is 0 Å². The van der Waals surface area contributed by atoms with Crippen molar-refractivity contribution in [3.05, 3.63) is 7.05 Å². The first-order valence-electron chi connectivity index (χ1n) is 4.51. The third kappa shape index (κ3) is 3.74. The minimum atomic E-state index is -0.143. The number of hydrogen-bond donors (Lipinski definition) is 0. The molecule has 0 aromatic heterocycles. The number of carbonyl (C=O) groups excluding carboxylic acids is 1. The summed E-state index contributed by atoms with van der Waals surface area (Å²) in [7, 11) is 7.01. The maximum Gasteiger partial charge on any atom is 0.306 e. The zero-order chi connectivity index (χ0) is 9.68. The van der Waals surface area contributed by atoms with Crippen molar-refractivity contribution < 1.29 is 9.53 Å². The molecule has 0 N–H and O–H groups in total. The number of ether oxygens (including phenoxy) is 1. The highest BCUT2D eigenvalue weighted by Crippen LogP contribution is 2.00. The Labute approximate surface area is 79.4 Å². The van der Waals surface area contributed by atoms with Crippen LogP contribution in [-0.2, 0) is 9.53 Å². The standard InChI is InChI=1S/C9H16N2O2/c1-10-5-7-11(8-6-10)4-3-9(12)13-2/h1H,3-8H2,2H3. The lowest BCUT2D eigenvalue weighted by Gasteiger charge is -2.31. The number of piperazine rings is 1. The molecule has 0 aliphatic carbocycles. The highest BCUT2D eigenvalue weighted by atomic mass is 16.5. The van der Waals surface area contributed by atoms with Crippen molar-refractivity contribution in [2.24, 2.45) is 0 Å². The molecule has 4 nitrogen and oxygen atoms in total. The van der Waals surface area contributed by atoms with Gasteiger partial charge in [0.2, 0.25) is 0 Å². The van der Waals surface area contributed by atoms with Crippen molar-refractivity contribution in [1.82, 2.24) is 9.80 Å². The molecule has 74 valence electrons. The average Bonchev–Trinajstić information content (AvgIpc) is 2.16. The molecule has 1 rings (SSSR count). The molecule has 0 unspecified atom stereocenters. The van der Waals surface area contributed by atoms with Gasteiger partial charge in [-0.15, -0.1) is 0 Å². The van der Waals surface area contributed by atoms with Crippen LogP contribution in [0.15, 0.2) is 0 Å². The van der Waals surface area contributed by atoms with E-state index >= 15 is 0 Å². The van der Waals surface area contributed by atoms with Crippen LogP contribution in [0.2, 0.25) is 0 Å². The van der Waals surface area contributed by atoms with Crippen molar-refractivity contribution in [3.63, 3.8) is 0 Å². The molecule has 0 aromatic rings. The van der Waals surface area contributed by atoms with E-state index in [9.17, 15) is 4.79 Å². The molecule has 0 aromatic carbocycles. The van der Waals surface area contributed by atoms with Crippen molar-refractivity contribution in [1.29, 1.82) is 0 Å². The van der Waals surface area contributed by atoms with E-state index in [-0.39, 0.29) is 5.97 Å². The lowest BCUT2D eigenvalue weighted by Crippen LogP contribution is -2.44. The van der Waals surface area contributed by atoms with E-state index in [1.54, 1.807) is 4.90 Å². The van der Waals surface area contributed by atoms with Gasteiger partial charge >= 0.3 is 5.97 Å². The van der Waals surface area contributed by atoms with E-state index in [1.165, 1.54) is 7.11 Å². The largest absolute Gasteiger partial charge is 0.469 e. The van der Waals surface area contributed by atoms with E-state index in [1.807, 2.05) is 0 Å². The highest BCUT2D eigenvalue weighted by molar-refractivity contribution is 5.69. The van der Waals surface area contributed by atoms with Crippen LogP contribution in [0.3, 0.4) is 0 Å². The molecule has 0 atom stereocenters. The number of nitrogens with zero attached hydrogens (tertiary/aromatic N) is 2. The van der Waals surface area contributed by atoms with E-state index < -0.39 is 0 Å². The fourth-order valence-electron chi connectivity index (χ4n) is 1.34.